The lowest BCUT2D eigenvalue weighted by Gasteiger charge is -2.00. The van der Waals surface area contributed by atoms with E-state index < -0.39 is 10.0 Å². The molecule has 1 aromatic heterocycles. The Morgan fingerprint density at radius 1 is 1.64 bits per heavy atom. The zero-order valence-corrected chi connectivity index (χ0v) is 7.09. The van der Waals surface area contributed by atoms with E-state index in [9.17, 15) is 8.42 Å². The molecule has 0 unspecified atom stereocenters. The molecule has 0 bridgehead atoms. The Hall–Kier alpha value is -0.880. The van der Waals surface area contributed by atoms with Gasteiger partial charge in [-0.15, -0.1) is 0 Å². The molecule has 1 N–H and O–H groups in total. The minimum Gasteiger partial charge on any atom is -0.256 e. The number of nitrogens with one attached hydrogen (secondary N) is 1. The molecule has 5 nitrogen and oxygen atoms in total. The van der Waals surface area contributed by atoms with Gasteiger partial charge < -0.3 is 0 Å². The molecule has 0 aliphatic rings. The fourth-order valence-corrected chi connectivity index (χ4v) is 1.57. The fraction of sp³-hybridized carbons (Fsp3) is 0.400. The van der Waals surface area contributed by atoms with Crippen molar-refractivity contribution < 1.29 is 8.42 Å². The summed E-state index contributed by atoms with van der Waals surface area (Å²) in [6, 6.07) is 1.44. The highest BCUT2D eigenvalue weighted by molar-refractivity contribution is 7.89. The van der Waals surface area contributed by atoms with Crippen molar-refractivity contribution in [3.05, 3.63) is 12.3 Å². The third kappa shape index (κ3) is 1.41. The Morgan fingerprint density at radius 2 is 2.27 bits per heavy atom. The summed E-state index contributed by atoms with van der Waals surface area (Å²) >= 11 is 0. The van der Waals surface area contributed by atoms with Gasteiger partial charge in [0, 0.05) is 7.05 Å². The van der Waals surface area contributed by atoms with Crippen molar-refractivity contribution in [1.82, 2.24) is 14.5 Å². The van der Waals surface area contributed by atoms with E-state index in [1.54, 1.807) is 7.05 Å². The Kier molecular flexibility index (Phi) is 1.97. The molecule has 1 rings (SSSR count). The van der Waals surface area contributed by atoms with Crippen LogP contribution in [0.3, 0.4) is 0 Å². The molecule has 11 heavy (non-hydrogen) atoms. The van der Waals surface area contributed by atoms with Gasteiger partial charge in [0.25, 0.3) is 10.0 Å². The predicted molar refractivity (Wildman–Crippen MR) is 39.5 cm³/mol. The van der Waals surface area contributed by atoms with Gasteiger partial charge >= 0.3 is 0 Å². The van der Waals surface area contributed by atoms with E-state index in [-0.39, 0.29) is 5.03 Å². The molecule has 0 saturated carbocycles. The van der Waals surface area contributed by atoms with Crippen molar-refractivity contribution in [2.45, 2.75) is 5.03 Å². The number of nitrogens with zero attached hydrogens (tertiary/aromatic N) is 2. The van der Waals surface area contributed by atoms with E-state index in [1.165, 1.54) is 24.0 Å². The maximum absolute atomic E-state index is 11.1. The van der Waals surface area contributed by atoms with Crippen molar-refractivity contribution in [1.29, 1.82) is 0 Å². The molecule has 0 amide bonds. The lowest BCUT2D eigenvalue weighted by Crippen LogP contribution is -2.21. The average Bonchev–Trinajstić information content (AvgIpc) is 2.36. The highest BCUT2D eigenvalue weighted by Gasteiger charge is 2.14. The van der Waals surface area contributed by atoms with Crippen LogP contribution in [0.5, 0.6) is 0 Å². The van der Waals surface area contributed by atoms with Gasteiger partial charge in [-0.2, -0.15) is 5.10 Å². The van der Waals surface area contributed by atoms with Crippen molar-refractivity contribution in [2.75, 3.05) is 7.05 Å². The fourth-order valence-electron chi connectivity index (χ4n) is 0.730. The molecule has 0 aliphatic carbocycles. The van der Waals surface area contributed by atoms with Gasteiger partial charge in [-0.1, -0.05) is 0 Å². The van der Waals surface area contributed by atoms with Gasteiger partial charge in [0.1, 0.15) is 0 Å². The highest BCUT2D eigenvalue weighted by atomic mass is 32.2. The Bertz CT molecular complexity index is 340. The topological polar surface area (TPSA) is 64.0 Å². The summed E-state index contributed by atoms with van der Waals surface area (Å²) < 4.78 is 25.7. The first-order chi connectivity index (χ1) is 5.08. The predicted octanol–water partition coefficient (Wildman–Crippen LogP) is -0.672. The van der Waals surface area contributed by atoms with Crippen LogP contribution >= 0.6 is 0 Å². The molecule has 0 spiro atoms. The van der Waals surface area contributed by atoms with Crippen molar-refractivity contribution in [3.63, 3.8) is 0 Å². The number of hydrogen-bond donors (Lipinski definition) is 1. The summed E-state index contributed by atoms with van der Waals surface area (Å²) in [7, 11) is -0.398. The first-order valence-corrected chi connectivity index (χ1v) is 4.48. The monoisotopic (exact) mass is 175 g/mol. The molecule has 1 heterocycles. The molecule has 0 aliphatic heterocycles. The minimum atomic E-state index is -3.34. The summed E-state index contributed by atoms with van der Waals surface area (Å²) in [5.41, 5.74) is 0. The van der Waals surface area contributed by atoms with E-state index >= 15 is 0 Å². The normalized spacial score (nSPS) is 11.8. The van der Waals surface area contributed by atoms with E-state index in [0.29, 0.717) is 0 Å². The SMILES string of the molecule is CNS(=O)(=O)c1ccnn1C. The number of aromatic nitrogens is 2. The van der Waals surface area contributed by atoms with Crippen molar-refractivity contribution in [3.8, 4) is 0 Å². The summed E-state index contributed by atoms with van der Waals surface area (Å²) in [4.78, 5) is 0. The second kappa shape index (κ2) is 2.63. The third-order valence-electron chi connectivity index (χ3n) is 1.32. The number of aryl methyl sites for hydroxylation is 1. The van der Waals surface area contributed by atoms with Gasteiger partial charge in [0.2, 0.25) is 0 Å². The molecule has 0 atom stereocenters. The average molecular weight is 175 g/mol. The second-order valence-corrected chi connectivity index (χ2v) is 3.83. The number of hydrogen-bond acceptors (Lipinski definition) is 3. The van der Waals surface area contributed by atoms with Crippen LogP contribution < -0.4 is 4.72 Å². The van der Waals surface area contributed by atoms with Gasteiger partial charge in [-0.05, 0) is 13.1 Å². The molecule has 62 valence electrons. The maximum atomic E-state index is 11.1. The summed E-state index contributed by atoms with van der Waals surface area (Å²) in [5.74, 6) is 0. The molecule has 0 radical (unpaired) electrons. The van der Waals surface area contributed by atoms with Crippen molar-refractivity contribution in [2.24, 2.45) is 7.05 Å². The van der Waals surface area contributed by atoms with E-state index in [1.807, 2.05) is 0 Å². The standard InChI is InChI=1S/C5H9N3O2S/c1-6-11(9,10)5-3-4-7-8(5)2/h3-4,6H,1-2H3. The van der Waals surface area contributed by atoms with Crippen LogP contribution in [-0.4, -0.2) is 25.2 Å². The first-order valence-electron chi connectivity index (χ1n) is 2.99. The van der Waals surface area contributed by atoms with E-state index in [2.05, 4.69) is 9.82 Å². The smallest absolute Gasteiger partial charge is 0.256 e. The molecular weight excluding hydrogens is 166 g/mol. The van der Waals surface area contributed by atoms with Crippen LogP contribution in [0, 0.1) is 0 Å². The zero-order valence-electron chi connectivity index (χ0n) is 6.27. The molecule has 0 fully saturated rings. The van der Waals surface area contributed by atoms with Gasteiger partial charge in [0.05, 0.1) is 6.20 Å². The quantitative estimate of drug-likeness (QED) is 0.648. The molecule has 6 heteroatoms. The Morgan fingerprint density at radius 3 is 2.64 bits per heavy atom. The van der Waals surface area contributed by atoms with Gasteiger partial charge in [0.15, 0.2) is 5.03 Å². The number of rotatable bonds is 2. The molecular formula is C5H9N3O2S. The summed E-state index contributed by atoms with van der Waals surface area (Å²) in [6.07, 6.45) is 1.43. The molecule has 0 aromatic carbocycles. The van der Waals surface area contributed by atoms with Gasteiger partial charge in [-0.25, -0.2) is 13.1 Å². The van der Waals surface area contributed by atoms with Crippen LogP contribution in [0.2, 0.25) is 0 Å². The first kappa shape index (κ1) is 8.22. The summed E-state index contributed by atoms with van der Waals surface area (Å²) in [6.45, 7) is 0. The second-order valence-electron chi connectivity index (χ2n) is 2.00. The summed E-state index contributed by atoms with van der Waals surface area (Å²) in [5, 5.41) is 3.90. The van der Waals surface area contributed by atoms with Crippen molar-refractivity contribution >= 4 is 10.0 Å². The third-order valence-corrected chi connectivity index (χ3v) is 2.81. The lowest BCUT2D eigenvalue weighted by atomic mass is 10.7. The Balaban J connectivity index is 3.22. The van der Waals surface area contributed by atoms with Crippen LogP contribution in [0.4, 0.5) is 0 Å². The number of sulfonamides is 1. The maximum Gasteiger partial charge on any atom is 0.257 e. The molecule has 1 aromatic rings. The van der Waals surface area contributed by atoms with Crippen LogP contribution in [0.15, 0.2) is 17.3 Å². The molecule has 0 saturated heterocycles. The van der Waals surface area contributed by atoms with Crippen LogP contribution in [0.1, 0.15) is 0 Å². The Labute approximate surface area is 65.1 Å². The van der Waals surface area contributed by atoms with Gasteiger partial charge in [-0.3, -0.25) is 4.68 Å². The minimum absolute atomic E-state index is 0.167. The largest absolute Gasteiger partial charge is 0.257 e. The highest BCUT2D eigenvalue weighted by Crippen LogP contribution is 2.03. The van der Waals surface area contributed by atoms with E-state index in [4.69, 9.17) is 0 Å². The zero-order chi connectivity index (χ0) is 8.48. The van der Waals surface area contributed by atoms with Crippen LogP contribution in [-0.2, 0) is 17.1 Å². The van der Waals surface area contributed by atoms with E-state index in [0.717, 1.165) is 0 Å². The lowest BCUT2D eigenvalue weighted by molar-refractivity contribution is 0.569. The van der Waals surface area contributed by atoms with Crippen LogP contribution in [0.25, 0.3) is 0 Å².